The van der Waals surface area contributed by atoms with Crippen molar-refractivity contribution in [1.29, 1.82) is 0 Å². The van der Waals surface area contributed by atoms with Crippen LogP contribution >= 0.6 is 39.0 Å². The Morgan fingerprint density at radius 2 is 2.20 bits per heavy atom. The smallest absolute Gasteiger partial charge is 0.177 e. The molecule has 1 aliphatic rings. The zero-order chi connectivity index (χ0) is 14.1. The van der Waals surface area contributed by atoms with Crippen molar-refractivity contribution in [3.05, 3.63) is 55.4 Å². The van der Waals surface area contributed by atoms with Gasteiger partial charge in [0.1, 0.15) is 5.82 Å². The summed E-state index contributed by atoms with van der Waals surface area (Å²) >= 11 is 6.69. The fourth-order valence-corrected chi connectivity index (χ4v) is 4.94. The zero-order valence-electron chi connectivity index (χ0n) is 10.6. The standard InChI is InChI=1S/C15H12BrFOS2/c16-11-5-9(1-2-12(11)17)6-13(18)15-7-10-8-19-4-3-14(10)20-15/h1-2,5,7H,3-4,6,8H2. The molecule has 0 unspecified atom stereocenters. The van der Waals surface area contributed by atoms with Gasteiger partial charge in [-0.25, -0.2) is 4.39 Å². The van der Waals surface area contributed by atoms with Gasteiger partial charge >= 0.3 is 0 Å². The molecule has 1 aliphatic heterocycles. The summed E-state index contributed by atoms with van der Waals surface area (Å²) < 4.78 is 13.6. The van der Waals surface area contributed by atoms with E-state index in [9.17, 15) is 9.18 Å². The van der Waals surface area contributed by atoms with E-state index in [1.165, 1.54) is 16.5 Å². The van der Waals surface area contributed by atoms with E-state index in [1.807, 2.05) is 17.8 Å². The maximum Gasteiger partial charge on any atom is 0.177 e. The first-order valence-electron chi connectivity index (χ1n) is 6.30. The van der Waals surface area contributed by atoms with E-state index in [4.69, 9.17) is 0 Å². The summed E-state index contributed by atoms with van der Waals surface area (Å²) in [5.74, 6) is 1.98. The van der Waals surface area contributed by atoms with Crippen molar-refractivity contribution < 1.29 is 9.18 Å². The van der Waals surface area contributed by atoms with Crippen LogP contribution in [0.1, 0.15) is 25.7 Å². The number of carbonyl (C=O) groups is 1. The molecular weight excluding hydrogens is 359 g/mol. The number of benzene rings is 1. The summed E-state index contributed by atoms with van der Waals surface area (Å²) in [5, 5.41) is 0. The summed E-state index contributed by atoms with van der Waals surface area (Å²) in [5.41, 5.74) is 2.15. The van der Waals surface area contributed by atoms with Gasteiger partial charge in [-0.05, 0) is 57.4 Å². The second-order valence-corrected chi connectivity index (χ2v) is 7.81. The van der Waals surface area contributed by atoms with Crippen molar-refractivity contribution in [2.24, 2.45) is 0 Å². The average molecular weight is 371 g/mol. The van der Waals surface area contributed by atoms with Gasteiger partial charge in [-0.15, -0.1) is 11.3 Å². The Morgan fingerprint density at radius 1 is 1.35 bits per heavy atom. The lowest BCUT2D eigenvalue weighted by Crippen LogP contribution is -2.01. The molecule has 3 rings (SSSR count). The molecule has 0 saturated carbocycles. The summed E-state index contributed by atoms with van der Waals surface area (Å²) in [6.45, 7) is 0. The normalized spacial score (nSPS) is 14.1. The van der Waals surface area contributed by atoms with Crippen LogP contribution < -0.4 is 0 Å². The molecule has 0 saturated heterocycles. The number of fused-ring (bicyclic) bond motifs is 1. The van der Waals surface area contributed by atoms with Gasteiger partial charge in [-0.1, -0.05) is 6.07 Å². The van der Waals surface area contributed by atoms with Crippen molar-refractivity contribution in [3.63, 3.8) is 0 Å². The zero-order valence-corrected chi connectivity index (χ0v) is 13.8. The molecule has 5 heteroatoms. The van der Waals surface area contributed by atoms with Crippen LogP contribution in [0.5, 0.6) is 0 Å². The van der Waals surface area contributed by atoms with Gasteiger partial charge in [0, 0.05) is 17.1 Å². The molecule has 0 aliphatic carbocycles. The van der Waals surface area contributed by atoms with E-state index in [2.05, 4.69) is 15.9 Å². The molecule has 0 N–H and O–H groups in total. The molecule has 0 bridgehead atoms. The van der Waals surface area contributed by atoms with Crippen molar-refractivity contribution in [2.45, 2.75) is 18.6 Å². The molecular formula is C15H12BrFOS2. The van der Waals surface area contributed by atoms with E-state index in [1.54, 1.807) is 23.5 Å². The Hall–Kier alpha value is -0.650. The second-order valence-electron chi connectivity index (χ2n) is 4.71. The van der Waals surface area contributed by atoms with Gasteiger partial charge in [0.25, 0.3) is 0 Å². The van der Waals surface area contributed by atoms with E-state index in [-0.39, 0.29) is 11.6 Å². The van der Waals surface area contributed by atoms with Crippen LogP contribution in [0.15, 0.2) is 28.7 Å². The number of thioether (sulfide) groups is 1. The lowest BCUT2D eigenvalue weighted by Gasteiger charge is -2.08. The van der Waals surface area contributed by atoms with Crippen molar-refractivity contribution in [1.82, 2.24) is 0 Å². The van der Waals surface area contributed by atoms with Crippen molar-refractivity contribution in [3.8, 4) is 0 Å². The van der Waals surface area contributed by atoms with Gasteiger partial charge in [-0.2, -0.15) is 11.8 Å². The summed E-state index contributed by atoms with van der Waals surface area (Å²) in [7, 11) is 0. The predicted octanol–water partition coefficient (Wildman–Crippen LogP) is 4.86. The molecule has 0 fully saturated rings. The van der Waals surface area contributed by atoms with Crippen LogP contribution in [0.25, 0.3) is 0 Å². The van der Waals surface area contributed by atoms with Crippen LogP contribution in [0.4, 0.5) is 4.39 Å². The number of hydrogen-bond donors (Lipinski definition) is 0. The highest BCUT2D eigenvalue weighted by Crippen LogP contribution is 2.32. The van der Waals surface area contributed by atoms with Gasteiger partial charge in [0.2, 0.25) is 0 Å². The van der Waals surface area contributed by atoms with Crippen LogP contribution in [0.2, 0.25) is 0 Å². The van der Waals surface area contributed by atoms with Gasteiger partial charge in [0.05, 0.1) is 9.35 Å². The summed E-state index contributed by atoms with van der Waals surface area (Å²) in [6, 6.07) is 6.77. The molecule has 20 heavy (non-hydrogen) atoms. The SMILES string of the molecule is O=C(Cc1ccc(F)c(Br)c1)c1cc2c(s1)CCSC2. The molecule has 1 aromatic carbocycles. The van der Waals surface area contributed by atoms with Gasteiger partial charge in [-0.3, -0.25) is 4.79 Å². The monoisotopic (exact) mass is 370 g/mol. The first-order chi connectivity index (χ1) is 9.63. The average Bonchev–Trinajstić information content (AvgIpc) is 2.87. The summed E-state index contributed by atoms with van der Waals surface area (Å²) in [4.78, 5) is 14.5. The molecule has 0 amide bonds. The van der Waals surface area contributed by atoms with E-state index in [0.717, 1.165) is 28.4 Å². The molecule has 2 aromatic rings. The number of halogens is 2. The van der Waals surface area contributed by atoms with Gasteiger partial charge in [0.15, 0.2) is 5.78 Å². The Bertz CT molecular complexity index is 642. The third kappa shape index (κ3) is 3.00. The highest BCUT2D eigenvalue weighted by Gasteiger charge is 2.17. The minimum atomic E-state index is -0.301. The van der Waals surface area contributed by atoms with Crippen molar-refractivity contribution >= 4 is 44.8 Å². The number of aryl methyl sites for hydroxylation is 1. The number of ketones is 1. The lowest BCUT2D eigenvalue weighted by molar-refractivity contribution is 0.0996. The van der Waals surface area contributed by atoms with Crippen LogP contribution in [0.3, 0.4) is 0 Å². The fourth-order valence-electron chi connectivity index (χ4n) is 2.21. The third-order valence-electron chi connectivity index (χ3n) is 3.25. The number of thiophene rings is 1. The molecule has 104 valence electrons. The van der Waals surface area contributed by atoms with Crippen LogP contribution in [-0.4, -0.2) is 11.5 Å². The first kappa shape index (κ1) is 14.3. The largest absolute Gasteiger partial charge is 0.293 e. The number of carbonyl (C=O) groups excluding carboxylic acids is 1. The van der Waals surface area contributed by atoms with Crippen LogP contribution in [-0.2, 0) is 18.6 Å². The van der Waals surface area contributed by atoms with Crippen molar-refractivity contribution in [2.75, 3.05) is 5.75 Å². The molecule has 1 aromatic heterocycles. The van der Waals surface area contributed by atoms with E-state index < -0.39 is 0 Å². The molecule has 2 heterocycles. The summed E-state index contributed by atoms with van der Waals surface area (Å²) in [6.07, 6.45) is 1.39. The predicted molar refractivity (Wildman–Crippen MR) is 86.3 cm³/mol. The quantitative estimate of drug-likeness (QED) is 0.717. The minimum absolute atomic E-state index is 0.118. The Kier molecular flexibility index (Phi) is 4.29. The molecule has 0 atom stereocenters. The number of rotatable bonds is 3. The Morgan fingerprint density at radius 3 is 2.95 bits per heavy atom. The third-order valence-corrected chi connectivity index (χ3v) is 6.14. The maximum absolute atomic E-state index is 13.2. The molecule has 0 radical (unpaired) electrons. The molecule has 1 nitrogen and oxygen atoms in total. The van der Waals surface area contributed by atoms with Crippen LogP contribution in [0, 0.1) is 5.82 Å². The first-order valence-corrected chi connectivity index (χ1v) is 9.06. The van der Waals surface area contributed by atoms with E-state index in [0.29, 0.717) is 10.9 Å². The second kappa shape index (κ2) is 6.00. The fraction of sp³-hybridized carbons (Fsp3) is 0.267. The van der Waals surface area contributed by atoms with Gasteiger partial charge < -0.3 is 0 Å². The molecule has 0 spiro atoms. The topological polar surface area (TPSA) is 17.1 Å². The Labute approximate surface area is 133 Å². The lowest BCUT2D eigenvalue weighted by atomic mass is 10.1. The minimum Gasteiger partial charge on any atom is -0.293 e. The number of hydrogen-bond acceptors (Lipinski definition) is 3. The maximum atomic E-state index is 13.2. The number of Topliss-reactive ketones (excluding diaryl/α,β-unsaturated/α-hetero) is 1. The Balaban J connectivity index is 1.78. The van der Waals surface area contributed by atoms with E-state index >= 15 is 0 Å². The highest BCUT2D eigenvalue weighted by molar-refractivity contribution is 9.10. The highest BCUT2D eigenvalue weighted by atomic mass is 79.9.